The Labute approximate surface area is 232 Å². The van der Waals surface area contributed by atoms with Crippen molar-refractivity contribution in [3.8, 4) is 22.3 Å². The molecule has 2 nitrogen and oxygen atoms in total. The lowest BCUT2D eigenvalue weighted by Gasteiger charge is -2.33. The first kappa shape index (κ1) is 20.8. The fourth-order valence-electron chi connectivity index (χ4n) is 8.61. The number of pyridine rings is 2. The van der Waals surface area contributed by atoms with Gasteiger partial charge in [-0.15, -0.1) is 0 Å². The Morgan fingerprint density at radius 2 is 0.650 bits per heavy atom. The van der Waals surface area contributed by atoms with E-state index in [1.165, 1.54) is 66.8 Å². The van der Waals surface area contributed by atoms with Crippen molar-refractivity contribution in [1.82, 2.24) is 9.97 Å². The van der Waals surface area contributed by atoms with Crippen molar-refractivity contribution in [1.29, 1.82) is 0 Å². The molecule has 2 heteroatoms. The van der Waals surface area contributed by atoms with Gasteiger partial charge in [0.2, 0.25) is 0 Å². The molecule has 0 saturated carbocycles. The Hall–Kier alpha value is -5.08. The standard InChI is InChI=1S/C38H22N2/c1-5-17-29-23(11-1)25-15-9-21-39-35(25)37(29)31-19-7-3-13-27(31)34-33(37)28-14-4-8-20-32(28)38(34)30-18-6-2-12-24(30)26-16-10-22-40-36(26)38/h1-22H. The number of hydrogen-bond acceptors (Lipinski definition) is 2. The third-order valence-corrected chi connectivity index (χ3v) is 9.77. The van der Waals surface area contributed by atoms with Crippen molar-refractivity contribution in [2.75, 3.05) is 0 Å². The Morgan fingerprint density at radius 1 is 0.325 bits per heavy atom. The maximum atomic E-state index is 5.20. The summed E-state index contributed by atoms with van der Waals surface area (Å²) in [5, 5.41) is 0. The highest BCUT2D eigenvalue weighted by atomic mass is 14.8. The van der Waals surface area contributed by atoms with Gasteiger partial charge in [-0.25, -0.2) is 0 Å². The summed E-state index contributed by atoms with van der Waals surface area (Å²) in [6.07, 6.45) is 3.93. The number of nitrogens with zero attached hydrogens (tertiary/aromatic N) is 2. The van der Waals surface area contributed by atoms with E-state index in [9.17, 15) is 0 Å². The minimum absolute atomic E-state index is 0.495. The van der Waals surface area contributed by atoms with Crippen LogP contribution in [-0.4, -0.2) is 9.97 Å². The predicted molar refractivity (Wildman–Crippen MR) is 159 cm³/mol. The zero-order chi connectivity index (χ0) is 26.1. The quantitative estimate of drug-likeness (QED) is 0.208. The van der Waals surface area contributed by atoms with Crippen molar-refractivity contribution in [3.05, 3.63) is 178 Å². The lowest BCUT2D eigenvalue weighted by Crippen LogP contribution is -2.29. The van der Waals surface area contributed by atoms with Crippen LogP contribution in [0.15, 0.2) is 134 Å². The zero-order valence-corrected chi connectivity index (χ0v) is 21.6. The van der Waals surface area contributed by atoms with Gasteiger partial charge in [0, 0.05) is 23.5 Å². The summed E-state index contributed by atoms with van der Waals surface area (Å²) >= 11 is 0. The molecule has 0 fully saturated rings. The van der Waals surface area contributed by atoms with Gasteiger partial charge in [0.15, 0.2) is 0 Å². The summed E-state index contributed by atoms with van der Waals surface area (Å²) in [7, 11) is 0. The minimum atomic E-state index is -0.495. The molecule has 4 aliphatic rings. The molecule has 0 saturated heterocycles. The predicted octanol–water partition coefficient (Wildman–Crippen LogP) is 8.04. The third-order valence-electron chi connectivity index (χ3n) is 9.77. The molecule has 2 aromatic heterocycles. The molecular weight excluding hydrogens is 484 g/mol. The van der Waals surface area contributed by atoms with E-state index in [2.05, 4.69) is 121 Å². The number of allylic oxidation sites excluding steroid dienone is 2. The van der Waals surface area contributed by atoms with Gasteiger partial charge in [-0.2, -0.15) is 0 Å². The normalized spacial score (nSPS) is 21.6. The van der Waals surface area contributed by atoms with Crippen LogP contribution in [0.5, 0.6) is 0 Å². The first-order valence-corrected chi connectivity index (χ1v) is 13.9. The Balaban J connectivity index is 1.48. The molecule has 0 radical (unpaired) electrons. The summed E-state index contributed by atoms with van der Waals surface area (Å²) in [5.41, 5.74) is 16.9. The number of rotatable bonds is 0. The molecule has 10 rings (SSSR count). The lowest BCUT2D eigenvalue weighted by molar-refractivity contribution is 0.791. The molecule has 2 heterocycles. The number of fused-ring (bicyclic) bond motifs is 18. The fourth-order valence-corrected chi connectivity index (χ4v) is 8.61. The fraction of sp³-hybridized carbons (Fsp3) is 0.0526. The lowest BCUT2D eigenvalue weighted by atomic mass is 9.68. The van der Waals surface area contributed by atoms with Crippen LogP contribution in [0.4, 0.5) is 0 Å². The Morgan fingerprint density at radius 3 is 1.07 bits per heavy atom. The molecule has 2 atom stereocenters. The van der Waals surface area contributed by atoms with Crippen LogP contribution in [0.2, 0.25) is 0 Å². The van der Waals surface area contributed by atoms with Crippen molar-refractivity contribution in [2.24, 2.45) is 0 Å². The average Bonchev–Trinajstić information content (AvgIpc) is 3.70. The van der Waals surface area contributed by atoms with Crippen molar-refractivity contribution < 1.29 is 0 Å². The van der Waals surface area contributed by atoms with Crippen molar-refractivity contribution in [3.63, 3.8) is 0 Å². The molecule has 0 aliphatic heterocycles. The smallest absolute Gasteiger partial charge is 0.0901 e. The van der Waals surface area contributed by atoms with E-state index in [0.29, 0.717) is 0 Å². The maximum absolute atomic E-state index is 5.20. The highest BCUT2D eigenvalue weighted by Crippen LogP contribution is 2.73. The molecule has 2 unspecified atom stereocenters. The van der Waals surface area contributed by atoms with E-state index in [0.717, 1.165) is 11.4 Å². The molecule has 40 heavy (non-hydrogen) atoms. The molecule has 2 spiro atoms. The van der Waals surface area contributed by atoms with Crippen LogP contribution >= 0.6 is 0 Å². The molecular formula is C38H22N2. The topological polar surface area (TPSA) is 25.8 Å². The second-order valence-corrected chi connectivity index (χ2v) is 11.2. The highest BCUT2D eigenvalue weighted by Gasteiger charge is 2.64. The van der Waals surface area contributed by atoms with E-state index < -0.39 is 10.8 Å². The summed E-state index contributed by atoms with van der Waals surface area (Å²) in [4.78, 5) is 10.4. The summed E-state index contributed by atoms with van der Waals surface area (Å²) in [5.74, 6) is 0. The van der Waals surface area contributed by atoms with Gasteiger partial charge < -0.3 is 0 Å². The van der Waals surface area contributed by atoms with Gasteiger partial charge >= 0.3 is 0 Å². The van der Waals surface area contributed by atoms with Crippen LogP contribution < -0.4 is 0 Å². The second-order valence-electron chi connectivity index (χ2n) is 11.2. The van der Waals surface area contributed by atoms with Gasteiger partial charge in [0.25, 0.3) is 0 Å². The number of aromatic nitrogens is 2. The van der Waals surface area contributed by atoms with E-state index in [1.807, 2.05) is 12.4 Å². The largest absolute Gasteiger partial charge is 0.259 e. The van der Waals surface area contributed by atoms with E-state index in [1.54, 1.807) is 0 Å². The Bertz CT molecular complexity index is 1890. The van der Waals surface area contributed by atoms with E-state index in [-0.39, 0.29) is 0 Å². The minimum Gasteiger partial charge on any atom is -0.259 e. The summed E-state index contributed by atoms with van der Waals surface area (Å²) < 4.78 is 0. The number of hydrogen-bond donors (Lipinski definition) is 0. The molecule has 6 aromatic rings. The van der Waals surface area contributed by atoms with Gasteiger partial charge in [-0.1, -0.05) is 109 Å². The van der Waals surface area contributed by atoms with E-state index in [4.69, 9.17) is 9.97 Å². The van der Waals surface area contributed by atoms with Gasteiger partial charge in [-0.05, 0) is 67.8 Å². The summed E-state index contributed by atoms with van der Waals surface area (Å²) in [6.45, 7) is 0. The SMILES string of the molecule is c1ccc2c(c1)C1=C(c3ccccc3C13c1ccccc1-c1cccnc13)C21c2ccccc2-c2cccnc21. The van der Waals surface area contributed by atoms with Gasteiger partial charge in [0.05, 0.1) is 22.2 Å². The average molecular weight is 507 g/mol. The first-order chi connectivity index (χ1) is 19.9. The molecule has 4 aliphatic carbocycles. The highest BCUT2D eigenvalue weighted by molar-refractivity contribution is 6.18. The van der Waals surface area contributed by atoms with Crippen LogP contribution in [0, 0.1) is 0 Å². The van der Waals surface area contributed by atoms with Gasteiger partial charge in [0.1, 0.15) is 0 Å². The zero-order valence-electron chi connectivity index (χ0n) is 21.6. The Kier molecular flexibility index (Phi) is 3.60. The monoisotopic (exact) mass is 506 g/mol. The maximum Gasteiger partial charge on any atom is 0.0901 e. The van der Waals surface area contributed by atoms with E-state index >= 15 is 0 Å². The molecule has 0 N–H and O–H groups in total. The first-order valence-electron chi connectivity index (χ1n) is 13.9. The second kappa shape index (κ2) is 6.91. The van der Waals surface area contributed by atoms with Gasteiger partial charge in [-0.3, -0.25) is 9.97 Å². The van der Waals surface area contributed by atoms with Crippen LogP contribution in [0.1, 0.15) is 44.8 Å². The van der Waals surface area contributed by atoms with Crippen LogP contribution in [0.3, 0.4) is 0 Å². The third kappa shape index (κ3) is 2.02. The van der Waals surface area contributed by atoms with Crippen LogP contribution in [0.25, 0.3) is 33.4 Å². The molecule has 0 bridgehead atoms. The molecule has 0 amide bonds. The van der Waals surface area contributed by atoms with Crippen molar-refractivity contribution in [2.45, 2.75) is 10.8 Å². The molecule has 4 aromatic carbocycles. The molecule has 184 valence electrons. The summed E-state index contributed by atoms with van der Waals surface area (Å²) in [6, 6.07) is 44.6. The van der Waals surface area contributed by atoms with Crippen molar-refractivity contribution >= 4 is 11.1 Å². The number of benzene rings is 4. The van der Waals surface area contributed by atoms with Crippen LogP contribution in [-0.2, 0) is 10.8 Å².